The van der Waals surface area contributed by atoms with Crippen molar-refractivity contribution in [3.8, 4) is 11.6 Å². The summed E-state index contributed by atoms with van der Waals surface area (Å²) in [7, 11) is -3.30. The zero-order valence-electron chi connectivity index (χ0n) is 10.4. The molecule has 0 saturated heterocycles. The number of nitrogens with one attached hydrogen (secondary N) is 1. The van der Waals surface area contributed by atoms with Crippen LogP contribution in [0.2, 0.25) is 0 Å². The third-order valence-electron chi connectivity index (χ3n) is 2.29. The van der Waals surface area contributed by atoms with Crippen LogP contribution >= 0.6 is 15.9 Å². The number of hydrogen-bond acceptors (Lipinski definition) is 7. The van der Waals surface area contributed by atoms with Crippen molar-refractivity contribution >= 4 is 31.7 Å². The molecule has 7 nitrogen and oxygen atoms in total. The highest BCUT2D eigenvalue weighted by Gasteiger charge is 2.11. The van der Waals surface area contributed by atoms with Crippen LogP contribution in [0.5, 0.6) is 11.6 Å². The zero-order valence-corrected chi connectivity index (χ0v) is 12.8. The van der Waals surface area contributed by atoms with Gasteiger partial charge in [0.2, 0.25) is 11.8 Å². The molecule has 3 N–H and O–H groups in total. The average molecular weight is 359 g/mol. The van der Waals surface area contributed by atoms with Gasteiger partial charge in [0.1, 0.15) is 5.75 Å². The van der Waals surface area contributed by atoms with Crippen molar-refractivity contribution in [3.05, 3.63) is 34.9 Å². The van der Waals surface area contributed by atoms with E-state index in [-0.39, 0.29) is 16.7 Å². The van der Waals surface area contributed by atoms with Gasteiger partial charge in [0.25, 0.3) is 0 Å². The van der Waals surface area contributed by atoms with Crippen LogP contribution in [0.15, 0.2) is 39.8 Å². The summed E-state index contributed by atoms with van der Waals surface area (Å²) in [5, 5.41) is 0. The summed E-state index contributed by atoms with van der Waals surface area (Å²) in [6.07, 6.45) is 2.60. The second-order valence-corrected chi connectivity index (χ2v) is 6.71. The summed E-state index contributed by atoms with van der Waals surface area (Å²) in [5.41, 5.74) is 2.30. The monoisotopic (exact) mass is 358 g/mol. The molecule has 1 heterocycles. The Hall–Kier alpha value is -1.71. The molecule has 0 radical (unpaired) electrons. The Morgan fingerprint density at radius 3 is 2.80 bits per heavy atom. The van der Waals surface area contributed by atoms with E-state index in [2.05, 4.69) is 31.3 Å². The standard InChI is InChI=1S/C11H11BrN4O3S/c1-20(17,18)8-4-2-3-7(5-8)19-10-9(12)6-14-11(15-10)16-13/h2-6H,13H2,1H3,(H,14,15,16). The van der Waals surface area contributed by atoms with Crippen LogP contribution in [-0.4, -0.2) is 24.6 Å². The van der Waals surface area contributed by atoms with Crippen molar-refractivity contribution in [2.75, 3.05) is 11.7 Å². The number of nitrogens with zero attached hydrogens (tertiary/aromatic N) is 2. The zero-order chi connectivity index (χ0) is 14.8. The van der Waals surface area contributed by atoms with Crippen molar-refractivity contribution in [2.24, 2.45) is 5.84 Å². The van der Waals surface area contributed by atoms with Crippen molar-refractivity contribution in [1.29, 1.82) is 0 Å². The van der Waals surface area contributed by atoms with Crippen LogP contribution in [0, 0.1) is 0 Å². The minimum atomic E-state index is -3.30. The Bertz CT molecular complexity index is 736. The highest BCUT2D eigenvalue weighted by Crippen LogP contribution is 2.28. The molecule has 0 bridgehead atoms. The number of anilines is 1. The number of sulfone groups is 1. The van der Waals surface area contributed by atoms with Crippen molar-refractivity contribution in [3.63, 3.8) is 0 Å². The van der Waals surface area contributed by atoms with Gasteiger partial charge in [0.15, 0.2) is 9.84 Å². The first-order valence-corrected chi connectivity index (χ1v) is 8.06. The third-order valence-corrected chi connectivity index (χ3v) is 3.94. The van der Waals surface area contributed by atoms with E-state index in [9.17, 15) is 8.42 Å². The van der Waals surface area contributed by atoms with E-state index in [0.717, 1.165) is 6.26 Å². The van der Waals surface area contributed by atoms with E-state index in [1.165, 1.54) is 18.3 Å². The van der Waals surface area contributed by atoms with Crippen LogP contribution in [0.25, 0.3) is 0 Å². The molecule has 0 unspecified atom stereocenters. The molecule has 0 spiro atoms. The predicted molar refractivity (Wildman–Crippen MR) is 77.2 cm³/mol. The SMILES string of the molecule is CS(=O)(=O)c1cccc(Oc2nc(NN)ncc2Br)c1. The van der Waals surface area contributed by atoms with E-state index in [1.54, 1.807) is 12.1 Å². The second-order valence-electron chi connectivity index (χ2n) is 3.84. The summed E-state index contributed by atoms with van der Waals surface area (Å²) in [5.74, 6) is 5.96. The summed E-state index contributed by atoms with van der Waals surface area (Å²) in [6, 6.07) is 6.12. The van der Waals surface area contributed by atoms with Gasteiger partial charge in [-0.2, -0.15) is 4.98 Å². The molecule has 0 aliphatic heterocycles. The number of nitrogen functional groups attached to an aromatic ring is 1. The summed E-state index contributed by atoms with van der Waals surface area (Å²) >= 11 is 3.24. The lowest BCUT2D eigenvalue weighted by molar-refractivity contribution is 0.457. The fourth-order valence-electron chi connectivity index (χ4n) is 1.37. The highest BCUT2D eigenvalue weighted by molar-refractivity contribution is 9.10. The number of ether oxygens (including phenoxy) is 1. The molecule has 20 heavy (non-hydrogen) atoms. The molecule has 2 rings (SSSR count). The first kappa shape index (κ1) is 14.7. The molecular weight excluding hydrogens is 348 g/mol. The minimum Gasteiger partial charge on any atom is -0.438 e. The van der Waals surface area contributed by atoms with Gasteiger partial charge in [0.05, 0.1) is 15.6 Å². The van der Waals surface area contributed by atoms with Gasteiger partial charge in [0, 0.05) is 6.26 Å². The Morgan fingerprint density at radius 1 is 1.40 bits per heavy atom. The van der Waals surface area contributed by atoms with Gasteiger partial charge in [-0.15, -0.1) is 0 Å². The number of halogens is 1. The van der Waals surface area contributed by atoms with Gasteiger partial charge < -0.3 is 4.74 Å². The number of rotatable bonds is 4. The largest absolute Gasteiger partial charge is 0.438 e. The summed E-state index contributed by atoms with van der Waals surface area (Å²) in [4.78, 5) is 8.06. The maximum Gasteiger partial charge on any atom is 0.240 e. The van der Waals surface area contributed by atoms with E-state index in [0.29, 0.717) is 10.2 Å². The van der Waals surface area contributed by atoms with Crippen LogP contribution < -0.4 is 16.0 Å². The second kappa shape index (κ2) is 5.73. The van der Waals surface area contributed by atoms with Crippen molar-refractivity contribution in [2.45, 2.75) is 4.90 Å². The number of nitrogens with two attached hydrogens (primary N) is 1. The fraction of sp³-hybridized carbons (Fsp3) is 0.0909. The average Bonchev–Trinajstić information content (AvgIpc) is 2.41. The van der Waals surface area contributed by atoms with E-state index in [4.69, 9.17) is 10.6 Å². The summed E-state index contributed by atoms with van der Waals surface area (Å²) < 4.78 is 29.0. The molecule has 0 atom stereocenters. The maximum atomic E-state index is 11.5. The van der Waals surface area contributed by atoms with E-state index < -0.39 is 9.84 Å². The van der Waals surface area contributed by atoms with Gasteiger partial charge >= 0.3 is 0 Å². The molecule has 1 aromatic carbocycles. The molecular formula is C11H11BrN4O3S. The topological polar surface area (TPSA) is 107 Å². The lowest BCUT2D eigenvalue weighted by Crippen LogP contribution is -2.10. The third kappa shape index (κ3) is 3.44. The quantitative estimate of drug-likeness (QED) is 0.632. The first-order valence-electron chi connectivity index (χ1n) is 5.37. The van der Waals surface area contributed by atoms with Gasteiger partial charge in [-0.1, -0.05) is 6.07 Å². The Kier molecular flexibility index (Phi) is 4.21. The summed E-state index contributed by atoms with van der Waals surface area (Å²) in [6.45, 7) is 0. The van der Waals surface area contributed by atoms with Gasteiger partial charge in [-0.05, 0) is 34.1 Å². The molecule has 106 valence electrons. The van der Waals surface area contributed by atoms with E-state index in [1.807, 2.05) is 0 Å². The Morgan fingerprint density at radius 2 is 2.15 bits per heavy atom. The lowest BCUT2D eigenvalue weighted by Gasteiger charge is -2.08. The van der Waals surface area contributed by atoms with Crippen LogP contribution in [0.1, 0.15) is 0 Å². The van der Waals surface area contributed by atoms with E-state index >= 15 is 0 Å². The fourth-order valence-corrected chi connectivity index (χ4v) is 2.30. The molecule has 0 aliphatic rings. The predicted octanol–water partition coefficient (Wildman–Crippen LogP) is 1.72. The highest BCUT2D eigenvalue weighted by atomic mass is 79.9. The van der Waals surface area contributed by atoms with Crippen LogP contribution in [0.3, 0.4) is 0 Å². The number of aromatic nitrogens is 2. The molecule has 2 aromatic rings. The Balaban J connectivity index is 2.35. The Labute approximate surface area is 124 Å². The molecule has 0 fully saturated rings. The van der Waals surface area contributed by atoms with Gasteiger partial charge in [-0.3, -0.25) is 5.43 Å². The minimum absolute atomic E-state index is 0.164. The molecule has 1 aromatic heterocycles. The maximum absolute atomic E-state index is 11.5. The van der Waals surface area contributed by atoms with Crippen LogP contribution in [-0.2, 0) is 9.84 Å². The lowest BCUT2D eigenvalue weighted by atomic mass is 10.3. The number of hydrazine groups is 1. The first-order chi connectivity index (χ1) is 9.40. The molecule has 0 aliphatic carbocycles. The molecule has 0 saturated carbocycles. The van der Waals surface area contributed by atoms with Crippen molar-refractivity contribution < 1.29 is 13.2 Å². The number of hydrogen-bond donors (Lipinski definition) is 2. The normalized spacial score (nSPS) is 11.2. The number of benzene rings is 1. The molecule has 9 heteroatoms. The molecule has 0 amide bonds. The van der Waals surface area contributed by atoms with Crippen molar-refractivity contribution in [1.82, 2.24) is 9.97 Å². The smallest absolute Gasteiger partial charge is 0.240 e. The van der Waals surface area contributed by atoms with Gasteiger partial charge in [-0.25, -0.2) is 19.2 Å². The van der Waals surface area contributed by atoms with Crippen LogP contribution in [0.4, 0.5) is 5.95 Å².